The molecule has 1 saturated heterocycles. The minimum absolute atomic E-state index is 0.0227. The number of nitrogens with one attached hydrogen (secondary N) is 3. The molecule has 2 fully saturated rings. The lowest BCUT2D eigenvalue weighted by atomic mass is 9.67. The number of hydrogen-bond donors (Lipinski definition) is 3. The van der Waals surface area contributed by atoms with E-state index < -0.39 is 39.2 Å². The number of amides is 2. The maximum atomic E-state index is 13.2. The van der Waals surface area contributed by atoms with Crippen LogP contribution < -0.4 is 15.4 Å². The van der Waals surface area contributed by atoms with Crippen LogP contribution in [0.15, 0.2) is 24.3 Å². The van der Waals surface area contributed by atoms with Gasteiger partial charge in [0.15, 0.2) is 5.78 Å². The molecule has 2 amide bonds. The van der Waals surface area contributed by atoms with Gasteiger partial charge in [-0.05, 0) is 69.2 Å². The second-order valence-corrected chi connectivity index (χ2v) is 12.1. The molecule has 3 rings (SSSR count). The fraction of sp³-hybridized carbons (Fsp3) is 0.625. The highest BCUT2D eigenvalue weighted by molar-refractivity contribution is 7.93. The minimum atomic E-state index is -3.50. The van der Waals surface area contributed by atoms with Gasteiger partial charge in [-0.3, -0.25) is 19.1 Å². The third-order valence-corrected chi connectivity index (χ3v) is 8.53. The maximum Gasteiger partial charge on any atom is 0.251 e. The molecule has 1 aromatic carbocycles. The second-order valence-electron chi connectivity index (χ2n) is 9.88. The minimum Gasteiger partial charge on any atom is -0.368 e. The first-order chi connectivity index (χ1) is 15.9. The normalized spacial score (nSPS) is 22.7. The quantitative estimate of drug-likeness (QED) is 0.459. The molecule has 0 aromatic heterocycles. The van der Waals surface area contributed by atoms with E-state index in [0.717, 1.165) is 19.3 Å². The Bertz CT molecular complexity index is 1020. The van der Waals surface area contributed by atoms with Gasteiger partial charge in [-0.2, -0.15) is 0 Å². The van der Waals surface area contributed by atoms with Gasteiger partial charge in [-0.1, -0.05) is 20.3 Å². The highest BCUT2D eigenvalue weighted by Crippen LogP contribution is 2.44. The third kappa shape index (κ3) is 6.15. The van der Waals surface area contributed by atoms with E-state index >= 15 is 0 Å². The standard InChI is InChI=1S/C24H35N3O6S/c1-5-20-21(19(28)14-33-20)26-23(30)18(13-24(4)11-6-12-24)25-22(29)16-7-9-17(10-8-16)27-34(31,32)15(2)3/h7-10,15,18,20-21,27H,5-6,11-14H2,1-4H3,(H,25,29)(H,26,30)/t18-,20-,21+/m0/s1. The molecule has 1 saturated carbocycles. The van der Waals surface area contributed by atoms with Crippen molar-refractivity contribution in [3.8, 4) is 0 Å². The van der Waals surface area contributed by atoms with Crippen molar-refractivity contribution >= 4 is 33.3 Å². The van der Waals surface area contributed by atoms with Gasteiger partial charge in [0.2, 0.25) is 15.9 Å². The molecule has 34 heavy (non-hydrogen) atoms. The Morgan fingerprint density at radius 3 is 2.35 bits per heavy atom. The molecule has 2 aliphatic rings. The van der Waals surface area contributed by atoms with Crippen molar-refractivity contribution in [1.82, 2.24) is 10.6 Å². The van der Waals surface area contributed by atoms with Crippen molar-refractivity contribution in [2.45, 2.75) is 83.2 Å². The lowest BCUT2D eigenvalue weighted by Crippen LogP contribution is -2.55. The van der Waals surface area contributed by atoms with Crippen molar-refractivity contribution < 1.29 is 27.5 Å². The molecule has 1 aliphatic heterocycles. The zero-order valence-corrected chi connectivity index (χ0v) is 21.0. The second kappa shape index (κ2) is 10.4. The van der Waals surface area contributed by atoms with Crippen LogP contribution in [0.3, 0.4) is 0 Å². The highest BCUT2D eigenvalue weighted by atomic mass is 32.2. The molecule has 3 N–H and O–H groups in total. The molecular formula is C24H35N3O6S. The first-order valence-electron chi connectivity index (χ1n) is 11.8. The van der Waals surface area contributed by atoms with Gasteiger partial charge < -0.3 is 15.4 Å². The molecular weight excluding hydrogens is 458 g/mol. The van der Waals surface area contributed by atoms with E-state index in [1.54, 1.807) is 13.8 Å². The summed E-state index contributed by atoms with van der Waals surface area (Å²) in [5, 5.41) is 5.03. The number of carbonyl (C=O) groups excluding carboxylic acids is 3. The molecule has 0 spiro atoms. The largest absolute Gasteiger partial charge is 0.368 e. The van der Waals surface area contributed by atoms with E-state index in [-0.39, 0.29) is 23.9 Å². The molecule has 0 radical (unpaired) electrons. The number of ether oxygens (including phenoxy) is 1. The Kier molecular flexibility index (Phi) is 8.02. The van der Waals surface area contributed by atoms with Crippen molar-refractivity contribution in [2.75, 3.05) is 11.3 Å². The zero-order chi connectivity index (χ0) is 25.1. The van der Waals surface area contributed by atoms with Crippen molar-refractivity contribution in [1.29, 1.82) is 0 Å². The Labute approximate surface area is 201 Å². The summed E-state index contributed by atoms with van der Waals surface area (Å²) in [5.74, 6) is -1.01. The van der Waals surface area contributed by atoms with Crippen LogP contribution in [0.4, 0.5) is 5.69 Å². The van der Waals surface area contributed by atoms with E-state index in [2.05, 4.69) is 22.3 Å². The first-order valence-corrected chi connectivity index (χ1v) is 13.4. The Hall–Kier alpha value is -2.46. The SMILES string of the molecule is CC[C@@H]1OCC(=O)[C@H]1NC(=O)[C@H](CC1(C)CCC1)NC(=O)c1ccc(NS(=O)(=O)C(C)C)cc1. The first kappa shape index (κ1) is 26.2. The van der Waals surface area contributed by atoms with Crippen LogP contribution >= 0.6 is 0 Å². The molecule has 0 bridgehead atoms. The predicted octanol–water partition coefficient (Wildman–Crippen LogP) is 2.38. The van der Waals surface area contributed by atoms with Crippen LogP contribution in [0.2, 0.25) is 0 Å². The summed E-state index contributed by atoms with van der Waals surface area (Å²) in [7, 11) is -3.50. The molecule has 1 aliphatic carbocycles. The van der Waals surface area contributed by atoms with Crippen LogP contribution in [0, 0.1) is 5.41 Å². The summed E-state index contributed by atoms with van der Waals surface area (Å²) in [6.07, 6.45) is 3.72. The molecule has 9 nitrogen and oxygen atoms in total. The number of ketones is 1. The summed E-state index contributed by atoms with van der Waals surface area (Å²) in [6, 6.07) is 4.53. The van der Waals surface area contributed by atoms with E-state index in [1.807, 2.05) is 6.92 Å². The summed E-state index contributed by atoms with van der Waals surface area (Å²) < 4.78 is 32.0. The summed E-state index contributed by atoms with van der Waals surface area (Å²) in [4.78, 5) is 38.3. The Morgan fingerprint density at radius 2 is 1.82 bits per heavy atom. The van der Waals surface area contributed by atoms with Crippen LogP contribution in [0.25, 0.3) is 0 Å². The molecule has 1 aromatic rings. The fourth-order valence-electron chi connectivity index (χ4n) is 4.26. The van der Waals surface area contributed by atoms with Crippen LogP contribution in [0.5, 0.6) is 0 Å². The number of Topliss-reactive ketones (excluding diaryl/α,β-unsaturated/α-hetero) is 1. The lowest BCUT2D eigenvalue weighted by Gasteiger charge is -2.41. The fourth-order valence-corrected chi connectivity index (χ4v) is 4.96. The van der Waals surface area contributed by atoms with Gasteiger partial charge in [0.1, 0.15) is 18.7 Å². The summed E-state index contributed by atoms with van der Waals surface area (Å²) in [6.45, 7) is 7.11. The Morgan fingerprint density at radius 1 is 1.18 bits per heavy atom. The van der Waals surface area contributed by atoms with Gasteiger partial charge in [0.05, 0.1) is 11.4 Å². The van der Waals surface area contributed by atoms with E-state index in [1.165, 1.54) is 24.3 Å². The zero-order valence-electron chi connectivity index (χ0n) is 20.2. The molecule has 1 heterocycles. The van der Waals surface area contributed by atoms with Gasteiger partial charge in [0, 0.05) is 11.3 Å². The Balaban J connectivity index is 1.71. The lowest BCUT2D eigenvalue weighted by molar-refractivity contribution is -0.128. The smallest absolute Gasteiger partial charge is 0.251 e. The third-order valence-electron chi connectivity index (χ3n) is 6.77. The van der Waals surface area contributed by atoms with Crippen LogP contribution in [-0.4, -0.2) is 56.1 Å². The molecule has 3 atom stereocenters. The highest BCUT2D eigenvalue weighted by Gasteiger charge is 2.40. The van der Waals surface area contributed by atoms with Gasteiger partial charge in [0.25, 0.3) is 5.91 Å². The van der Waals surface area contributed by atoms with E-state index in [4.69, 9.17) is 4.74 Å². The number of hydrogen-bond acceptors (Lipinski definition) is 6. The number of benzene rings is 1. The topological polar surface area (TPSA) is 131 Å². The summed E-state index contributed by atoms with van der Waals surface area (Å²) in [5.41, 5.74) is 0.608. The monoisotopic (exact) mass is 493 g/mol. The number of anilines is 1. The molecule has 0 unspecified atom stereocenters. The van der Waals surface area contributed by atoms with Gasteiger partial charge >= 0.3 is 0 Å². The number of rotatable bonds is 10. The average Bonchev–Trinajstić information content (AvgIpc) is 3.11. The number of carbonyl (C=O) groups is 3. The van der Waals surface area contributed by atoms with Crippen LogP contribution in [0.1, 0.15) is 70.2 Å². The van der Waals surface area contributed by atoms with E-state index in [0.29, 0.717) is 24.1 Å². The maximum absolute atomic E-state index is 13.2. The predicted molar refractivity (Wildman–Crippen MR) is 129 cm³/mol. The number of sulfonamides is 1. The van der Waals surface area contributed by atoms with Gasteiger partial charge in [-0.15, -0.1) is 0 Å². The van der Waals surface area contributed by atoms with E-state index in [9.17, 15) is 22.8 Å². The summed E-state index contributed by atoms with van der Waals surface area (Å²) >= 11 is 0. The van der Waals surface area contributed by atoms with Crippen molar-refractivity contribution in [2.24, 2.45) is 5.41 Å². The van der Waals surface area contributed by atoms with Gasteiger partial charge in [-0.25, -0.2) is 8.42 Å². The van der Waals surface area contributed by atoms with Crippen molar-refractivity contribution in [3.05, 3.63) is 29.8 Å². The van der Waals surface area contributed by atoms with Crippen molar-refractivity contribution in [3.63, 3.8) is 0 Å². The molecule has 10 heteroatoms. The molecule has 188 valence electrons. The van der Waals surface area contributed by atoms with Crippen LogP contribution in [-0.2, 0) is 24.3 Å². The average molecular weight is 494 g/mol.